The maximum atomic E-state index is 14.7. The molecule has 476 valence electrons. The molecule has 0 unspecified atom stereocenters. The molecule has 1 fully saturated rings. The van der Waals surface area contributed by atoms with Crippen LogP contribution in [-0.4, -0.2) is 137 Å². The molecule has 0 aromatic heterocycles. The number of nitrogens with one attached hydrogen (secondary N) is 1. The van der Waals surface area contributed by atoms with E-state index in [1.807, 2.05) is 6.07 Å². The number of carbonyl (C=O) groups excluding carboxylic acids is 6. The van der Waals surface area contributed by atoms with Crippen molar-refractivity contribution in [2.75, 3.05) is 71.9 Å². The standard InChI is InChI=1S/C67H91FN10O9S/c1-76(36-38-87-39-37-77(2)66(84)61-45-51(74-75-72)46-78(61)65(83)49-23-26-54(27-24-49)88(68,85)86)63(82)31-32-67-58-42-47(40-52(79)18-12-6-3-9-15-33-69)21-28-55(58)64(56-29-22-48(43-59(56)67)41-53(80)19-13-7-4-10-16-34-70)57-30-25-50(44-60(57)67)73-62(81)20-14-8-5-11-17-35-71/h21-30,42-44,51,61,64H,3-20,31-41,45-46,69-71H2,1-2H3,(H,73,81)/t51-,61-,64?,67?/m0/s1. The molecule has 1 aliphatic heterocycles. The molecule has 4 aromatic rings. The first-order valence-corrected chi connectivity index (χ1v) is 33.1. The average molecular weight is 1230 g/mol. The van der Waals surface area contributed by atoms with Crippen LogP contribution in [0.5, 0.6) is 0 Å². The number of nitrogens with two attached hydrogens (primary N) is 3. The number of unbranched alkanes of at least 4 members (excludes halogenated alkanes) is 12. The summed E-state index contributed by atoms with van der Waals surface area (Å²) < 4.78 is 42.4. The third-order valence-corrected chi connectivity index (χ3v) is 18.5. The summed E-state index contributed by atoms with van der Waals surface area (Å²) in [6.45, 7) is 2.47. The zero-order chi connectivity index (χ0) is 63.2. The molecule has 4 aliphatic rings. The van der Waals surface area contributed by atoms with E-state index in [1.165, 1.54) is 9.80 Å². The average Bonchev–Trinajstić information content (AvgIpc) is 0.746. The second-order valence-corrected chi connectivity index (χ2v) is 25.4. The first-order chi connectivity index (χ1) is 42.4. The first kappa shape index (κ1) is 68.6. The number of likely N-dealkylation sites (N-methyl/N-ethyl adjacent to an activating group) is 2. The minimum atomic E-state index is -5.00. The molecular formula is C67H91FN10O9S. The van der Waals surface area contributed by atoms with Gasteiger partial charge in [-0.25, -0.2) is 0 Å². The second kappa shape index (κ2) is 33.6. The minimum absolute atomic E-state index is 0.0229. The van der Waals surface area contributed by atoms with Crippen LogP contribution < -0.4 is 22.5 Å². The smallest absolute Gasteiger partial charge is 0.332 e. The summed E-state index contributed by atoms with van der Waals surface area (Å²) in [5, 5.41) is 6.96. The van der Waals surface area contributed by atoms with Gasteiger partial charge in [-0.1, -0.05) is 105 Å². The Kier molecular flexibility index (Phi) is 26.2. The van der Waals surface area contributed by atoms with Gasteiger partial charge in [-0.15, -0.1) is 3.89 Å². The largest absolute Gasteiger partial charge is 0.378 e. The summed E-state index contributed by atoms with van der Waals surface area (Å²) in [5.41, 5.74) is 34.1. The van der Waals surface area contributed by atoms with Gasteiger partial charge in [0.15, 0.2) is 0 Å². The van der Waals surface area contributed by atoms with Crippen molar-refractivity contribution in [3.8, 4) is 0 Å². The molecular weight excluding hydrogens is 1140 g/mol. The van der Waals surface area contributed by atoms with Crippen molar-refractivity contribution in [1.82, 2.24) is 14.7 Å². The first-order valence-electron chi connectivity index (χ1n) is 31.7. The number of azide groups is 1. The molecule has 4 aromatic carbocycles. The molecule has 1 heterocycles. The van der Waals surface area contributed by atoms with Gasteiger partial charge in [0, 0.05) is 99.7 Å². The number of rotatable bonds is 39. The van der Waals surface area contributed by atoms with Gasteiger partial charge in [0.1, 0.15) is 17.6 Å². The summed E-state index contributed by atoms with van der Waals surface area (Å²) in [4.78, 5) is 89.8. The van der Waals surface area contributed by atoms with Crippen molar-refractivity contribution in [3.05, 3.63) is 139 Å². The van der Waals surface area contributed by atoms with E-state index in [4.69, 9.17) is 21.9 Å². The number of hydrogen-bond donors (Lipinski definition) is 4. The predicted molar refractivity (Wildman–Crippen MR) is 339 cm³/mol. The van der Waals surface area contributed by atoms with Crippen molar-refractivity contribution in [3.63, 3.8) is 0 Å². The van der Waals surface area contributed by atoms with Gasteiger partial charge in [-0.05, 0) is 157 Å². The third kappa shape index (κ3) is 18.2. The highest BCUT2D eigenvalue weighted by Crippen LogP contribution is 2.61. The van der Waals surface area contributed by atoms with Crippen LogP contribution in [0, 0.1) is 0 Å². The van der Waals surface area contributed by atoms with E-state index in [2.05, 4.69) is 63.9 Å². The van der Waals surface area contributed by atoms with Gasteiger partial charge < -0.3 is 42.0 Å². The fourth-order valence-electron chi connectivity index (χ4n) is 12.9. The zero-order valence-corrected chi connectivity index (χ0v) is 52.4. The monoisotopic (exact) mass is 1230 g/mol. The Balaban J connectivity index is 1.10. The highest BCUT2D eigenvalue weighted by atomic mass is 32.3. The molecule has 0 saturated carbocycles. The van der Waals surface area contributed by atoms with Gasteiger partial charge in [-0.3, -0.25) is 28.8 Å². The number of anilines is 1. The normalized spacial score (nSPS) is 17.2. The van der Waals surface area contributed by atoms with E-state index >= 15 is 0 Å². The van der Waals surface area contributed by atoms with Crippen molar-refractivity contribution in [2.45, 2.75) is 176 Å². The summed E-state index contributed by atoms with van der Waals surface area (Å²) >= 11 is 0. The summed E-state index contributed by atoms with van der Waals surface area (Å²) in [6, 6.07) is 21.5. The van der Waals surface area contributed by atoms with Crippen molar-refractivity contribution >= 4 is 51.1 Å². The summed E-state index contributed by atoms with van der Waals surface area (Å²) in [5.74, 6) is -1.15. The van der Waals surface area contributed by atoms with Gasteiger partial charge in [0.2, 0.25) is 17.7 Å². The maximum Gasteiger partial charge on any atom is 0.332 e. The Bertz CT molecular complexity index is 3030. The Morgan fingerprint density at radius 2 is 1.15 bits per heavy atom. The van der Waals surface area contributed by atoms with Crippen LogP contribution in [0.15, 0.2) is 88.9 Å². The summed E-state index contributed by atoms with van der Waals surface area (Å²) in [7, 11) is -1.72. The Morgan fingerprint density at radius 1 is 0.659 bits per heavy atom. The van der Waals surface area contributed by atoms with Gasteiger partial charge in [-0.2, -0.15) is 8.42 Å². The molecule has 2 atom stereocenters. The van der Waals surface area contributed by atoms with Gasteiger partial charge in [0.25, 0.3) is 5.91 Å². The molecule has 1 saturated heterocycles. The van der Waals surface area contributed by atoms with E-state index < -0.39 is 44.4 Å². The molecule has 3 aliphatic carbocycles. The lowest BCUT2D eigenvalue weighted by Crippen LogP contribution is -2.47. The molecule has 19 nitrogen and oxygen atoms in total. The number of ether oxygens (including phenoxy) is 1. The number of hydrogen-bond acceptors (Lipinski definition) is 13. The number of benzene rings is 4. The van der Waals surface area contributed by atoms with E-state index in [0.717, 1.165) is 165 Å². The minimum Gasteiger partial charge on any atom is -0.378 e. The van der Waals surface area contributed by atoms with Crippen LogP contribution in [0.4, 0.5) is 9.57 Å². The fourth-order valence-corrected chi connectivity index (χ4v) is 13.4. The maximum absolute atomic E-state index is 14.7. The van der Waals surface area contributed by atoms with Crippen molar-refractivity contribution < 1.29 is 45.8 Å². The third-order valence-electron chi connectivity index (χ3n) is 17.7. The number of carbonyl (C=O) groups is 6. The fraction of sp³-hybridized carbons (Fsp3) is 0.552. The second-order valence-electron chi connectivity index (χ2n) is 24.1. The van der Waals surface area contributed by atoms with E-state index in [0.29, 0.717) is 51.0 Å². The van der Waals surface area contributed by atoms with Crippen molar-refractivity contribution in [2.24, 2.45) is 22.3 Å². The summed E-state index contributed by atoms with van der Waals surface area (Å²) in [6.07, 6.45) is 16.7. The molecule has 21 heteroatoms. The molecule has 7 N–H and O–H groups in total. The number of Topliss-reactive ketones (excluding diaryl/α,β-unsaturated/α-hetero) is 2. The van der Waals surface area contributed by atoms with E-state index in [1.54, 1.807) is 19.0 Å². The van der Waals surface area contributed by atoms with Crippen LogP contribution in [0.2, 0.25) is 0 Å². The number of ketones is 2. The van der Waals surface area contributed by atoms with Crippen LogP contribution >= 0.6 is 0 Å². The van der Waals surface area contributed by atoms with E-state index in [9.17, 15) is 46.6 Å². The molecule has 4 amide bonds. The molecule has 2 bridgehead atoms. The Labute approximate surface area is 518 Å². The molecule has 0 spiro atoms. The van der Waals surface area contributed by atoms with Crippen LogP contribution in [0.25, 0.3) is 10.4 Å². The SMILES string of the molecule is CN(CCOCCN(C)C(=O)[C@@H]1C[C@H](N=[N+]=[N-])CN1C(=O)c1ccc(S(=O)(=O)F)cc1)C(=O)CCC12c3cc(CC(=O)CCCCCCCN)ccc3C(c3ccc(CC(=O)CCCCCCCN)cc31)c1ccc(NC(=O)CCCCCCCN)cc12. The van der Waals surface area contributed by atoms with Crippen LogP contribution in [0.3, 0.4) is 0 Å². The highest BCUT2D eigenvalue weighted by molar-refractivity contribution is 7.86. The van der Waals surface area contributed by atoms with Gasteiger partial charge >= 0.3 is 10.2 Å². The predicted octanol–water partition coefficient (Wildman–Crippen LogP) is 9.85. The topological polar surface area (TPSA) is 294 Å². The lowest BCUT2D eigenvalue weighted by atomic mass is 9.51. The number of nitrogens with zero attached hydrogens (tertiary/aromatic N) is 6. The molecule has 88 heavy (non-hydrogen) atoms. The van der Waals surface area contributed by atoms with Crippen molar-refractivity contribution in [1.29, 1.82) is 0 Å². The molecule has 8 rings (SSSR count). The number of halogens is 1. The quantitative estimate of drug-likeness (QED) is 0.0107. The van der Waals surface area contributed by atoms with Gasteiger partial charge in [0.05, 0.1) is 24.2 Å². The van der Waals surface area contributed by atoms with E-state index in [-0.39, 0.29) is 93.4 Å². The zero-order valence-electron chi connectivity index (χ0n) is 51.5. The Morgan fingerprint density at radius 3 is 1.67 bits per heavy atom. The number of amides is 4. The Hall–Kier alpha value is -6.87. The molecule has 0 radical (unpaired) electrons. The highest BCUT2D eigenvalue weighted by Gasteiger charge is 2.52. The van der Waals surface area contributed by atoms with Crippen LogP contribution in [-0.2, 0) is 57.2 Å². The number of likely N-dealkylation sites (tertiary alicyclic amines) is 1. The lowest BCUT2D eigenvalue weighted by molar-refractivity contribution is -0.134. The van der Waals surface area contributed by atoms with Crippen LogP contribution in [0.1, 0.15) is 196 Å². The lowest BCUT2D eigenvalue weighted by Gasteiger charge is -2.51.